The third-order valence-corrected chi connectivity index (χ3v) is 4.02. The number of hydrogen-bond acceptors (Lipinski definition) is 4. The molecule has 0 fully saturated rings. The number of ether oxygens (including phenoxy) is 1. The molecule has 1 aliphatic rings. The Morgan fingerprint density at radius 1 is 1.00 bits per heavy atom. The van der Waals surface area contributed by atoms with Crippen molar-refractivity contribution in [2.45, 2.75) is 13.2 Å². The lowest BCUT2D eigenvalue weighted by atomic mass is 10.1. The first-order valence-electron chi connectivity index (χ1n) is 7.80. The van der Waals surface area contributed by atoms with Crippen LogP contribution in [0.1, 0.15) is 11.3 Å². The highest BCUT2D eigenvalue weighted by Crippen LogP contribution is 2.26. The maximum Gasteiger partial charge on any atom is 0.226 e. The van der Waals surface area contributed by atoms with E-state index in [2.05, 4.69) is 34.1 Å². The second kappa shape index (κ2) is 6.26. The highest BCUT2D eigenvalue weighted by atomic mass is 16.5. The van der Waals surface area contributed by atoms with E-state index in [9.17, 15) is 0 Å². The number of oxazole rings is 1. The number of rotatable bonds is 3. The van der Waals surface area contributed by atoms with Crippen molar-refractivity contribution >= 4 is 5.69 Å². The van der Waals surface area contributed by atoms with Gasteiger partial charge in [0, 0.05) is 23.4 Å². The number of nitrogens with zero attached hydrogens (tertiary/aromatic N) is 2. The van der Waals surface area contributed by atoms with Crippen molar-refractivity contribution in [3.8, 4) is 11.5 Å². The number of fused-ring (bicyclic) bond motifs is 1. The van der Waals surface area contributed by atoms with Gasteiger partial charge in [0.05, 0.1) is 25.5 Å². The van der Waals surface area contributed by atoms with E-state index >= 15 is 0 Å². The predicted octanol–water partition coefficient (Wildman–Crippen LogP) is 3.88. The van der Waals surface area contributed by atoms with E-state index in [0.717, 1.165) is 31.0 Å². The lowest BCUT2D eigenvalue weighted by Gasteiger charge is -2.22. The van der Waals surface area contributed by atoms with E-state index in [1.54, 1.807) is 6.26 Å². The van der Waals surface area contributed by atoms with Gasteiger partial charge in [0.25, 0.3) is 0 Å². The molecule has 23 heavy (non-hydrogen) atoms. The second-order valence-corrected chi connectivity index (χ2v) is 5.61. The van der Waals surface area contributed by atoms with Crippen molar-refractivity contribution in [2.75, 3.05) is 18.1 Å². The molecule has 0 amide bonds. The largest absolute Gasteiger partial charge is 0.444 e. The second-order valence-electron chi connectivity index (χ2n) is 5.61. The fourth-order valence-corrected chi connectivity index (χ4v) is 2.87. The van der Waals surface area contributed by atoms with Crippen molar-refractivity contribution in [2.24, 2.45) is 0 Å². The van der Waals surface area contributed by atoms with Gasteiger partial charge in [-0.2, -0.15) is 0 Å². The first kappa shape index (κ1) is 14.0. The zero-order chi connectivity index (χ0) is 15.5. The highest BCUT2D eigenvalue weighted by molar-refractivity contribution is 5.55. The number of hydrogen-bond donors (Lipinski definition) is 0. The molecule has 0 radical (unpaired) electrons. The summed E-state index contributed by atoms with van der Waals surface area (Å²) < 4.78 is 11.3. The van der Waals surface area contributed by atoms with Gasteiger partial charge in [-0.25, -0.2) is 4.98 Å². The van der Waals surface area contributed by atoms with Crippen LogP contribution in [0.3, 0.4) is 0 Å². The average molecular weight is 306 g/mol. The molecule has 0 N–H and O–H groups in total. The molecule has 0 spiro atoms. The molecule has 2 aromatic carbocycles. The molecule has 3 aromatic rings. The van der Waals surface area contributed by atoms with Gasteiger partial charge in [-0.1, -0.05) is 36.4 Å². The molecule has 1 aromatic heterocycles. The van der Waals surface area contributed by atoms with Gasteiger partial charge in [0.15, 0.2) is 0 Å². The predicted molar refractivity (Wildman–Crippen MR) is 89.1 cm³/mol. The molecule has 0 saturated carbocycles. The van der Waals surface area contributed by atoms with E-state index in [1.165, 1.54) is 11.3 Å². The zero-order valence-corrected chi connectivity index (χ0v) is 12.8. The number of anilines is 1. The first-order chi connectivity index (χ1) is 11.4. The SMILES string of the molecule is c1ccc(-c2nc(CN3CCOCc4ccccc43)co2)cc1. The van der Waals surface area contributed by atoms with E-state index in [0.29, 0.717) is 12.5 Å². The van der Waals surface area contributed by atoms with Crippen molar-refractivity contribution in [3.05, 3.63) is 72.1 Å². The third-order valence-electron chi connectivity index (χ3n) is 4.02. The maximum absolute atomic E-state index is 5.68. The van der Waals surface area contributed by atoms with Crippen LogP contribution in [-0.4, -0.2) is 18.1 Å². The summed E-state index contributed by atoms with van der Waals surface area (Å²) in [5.41, 5.74) is 4.37. The van der Waals surface area contributed by atoms with Crippen molar-refractivity contribution in [1.29, 1.82) is 0 Å². The minimum absolute atomic E-state index is 0.667. The monoisotopic (exact) mass is 306 g/mol. The smallest absolute Gasteiger partial charge is 0.226 e. The molecule has 0 unspecified atom stereocenters. The number of benzene rings is 2. The molecular weight excluding hydrogens is 288 g/mol. The molecule has 4 rings (SSSR count). The summed E-state index contributed by atoms with van der Waals surface area (Å²) in [4.78, 5) is 6.93. The molecule has 116 valence electrons. The summed E-state index contributed by atoms with van der Waals surface area (Å²) in [6.07, 6.45) is 1.75. The van der Waals surface area contributed by atoms with Crippen molar-refractivity contribution < 1.29 is 9.15 Å². The summed E-state index contributed by atoms with van der Waals surface area (Å²) in [6.45, 7) is 2.96. The molecular formula is C19H18N2O2. The molecule has 0 saturated heterocycles. The number of aromatic nitrogens is 1. The van der Waals surface area contributed by atoms with E-state index < -0.39 is 0 Å². The van der Waals surface area contributed by atoms with Crippen LogP contribution < -0.4 is 4.90 Å². The normalized spacial score (nSPS) is 14.3. The van der Waals surface area contributed by atoms with Crippen LogP contribution in [0.5, 0.6) is 0 Å². The molecule has 0 atom stereocenters. The Morgan fingerprint density at radius 2 is 1.83 bits per heavy atom. The van der Waals surface area contributed by atoms with E-state index in [4.69, 9.17) is 9.15 Å². The Labute approximate surface area is 135 Å². The minimum Gasteiger partial charge on any atom is -0.444 e. The average Bonchev–Trinajstić information content (AvgIpc) is 2.98. The van der Waals surface area contributed by atoms with E-state index in [1.807, 2.05) is 30.3 Å². The van der Waals surface area contributed by atoms with Crippen molar-refractivity contribution in [1.82, 2.24) is 4.98 Å². The third kappa shape index (κ3) is 2.98. The molecule has 1 aliphatic heterocycles. The Kier molecular flexibility index (Phi) is 3.82. The fraction of sp³-hybridized carbons (Fsp3) is 0.211. The quantitative estimate of drug-likeness (QED) is 0.736. The molecule has 4 heteroatoms. The van der Waals surface area contributed by atoms with Crippen LogP contribution in [-0.2, 0) is 17.9 Å². The van der Waals surface area contributed by atoms with Crippen molar-refractivity contribution in [3.63, 3.8) is 0 Å². The summed E-state index contributed by atoms with van der Waals surface area (Å²) in [5, 5.41) is 0. The fourth-order valence-electron chi connectivity index (χ4n) is 2.87. The minimum atomic E-state index is 0.667. The number of para-hydroxylation sites is 1. The van der Waals surface area contributed by atoms with Gasteiger partial charge in [-0.15, -0.1) is 0 Å². The Balaban J connectivity index is 1.58. The van der Waals surface area contributed by atoms with Gasteiger partial charge in [-0.05, 0) is 18.2 Å². The van der Waals surface area contributed by atoms with Gasteiger partial charge in [-0.3, -0.25) is 0 Å². The topological polar surface area (TPSA) is 38.5 Å². The van der Waals surface area contributed by atoms with Crippen LogP contribution >= 0.6 is 0 Å². The van der Waals surface area contributed by atoms with E-state index in [-0.39, 0.29) is 0 Å². The van der Waals surface area contributed by atoms with Gasteiger partial charge in [0.2, 0.25) is 5.89 Å². The summed E-state index contributed by atoms with van der Waals surface area (Å²) >= 11 is 0. The van der Waals surface area contributed by atoms with Crippen LogP contribution in [0, 0.1) is 0 Å². The zero-order valence-electron chi connectivity index (χ0n) is 12.8. The summed E-state index contributed by atoms with van der Waals surface area (Å²) in [7, 11) is 0. The van der Waals surface area contributed by atoms with Crippen LogP contribution in [0.15, 0.2) is 65.3 Å². The van der Waals surface area contributed by atoms with Crippen LogP contribution in [0.25, 0.3) is 11.5 Å². The standard InChI is InChI=1S/C19H18N2O2/c1-2-6-15(7-3-1)19-20-17(14-23-19)12-21-10-11-22-13-16-8-4-5-9-18(16)21/h1-9,14H,10-13H2. The van der Waals surface area contributed by atoms with Gasteiger partial charge >= 0.3 is 0 Å². The Bertz CT molecular complexity index is 783. The Hall–Kier alpha value is -2.59. The van der Waals surface area contributed by atoms with Crippen LogP contribution in [0.2, 0.25) is 0 Å². The summed E-state index contributed by atoms with van der Waals surface area (Å²) in [6, 6.07) is 18.3. The molecule has 2 heterocycles. The Morgan fingerprint density at radius 3 is 2.74 bits per heavy atom. The van der Waals surface area contributed by atoms with Gasteiger partial charge in [0.1, 0.15) is 6.26 Å². The highest BCUT2D eigenvalue weighted by Gasteiger charge is 2.17. The molecule has 0 bridgehead atoms. The summed E-state index contributed by atoms with van der Waals surface area (Å²) in [5.74, 6) is 0.667. The lowest BCUT2D eigenvalue weighted by Crippen LogP contribution is -2.25. The molecule has 0 aliphatic carbocycles. The molecule has 4 nitrogen and oxygen atoms in total. The first-order valence-corrected chi connectivity index (χ1v) is 7.80. The maximum atomic E-state index is 5.68. The van der Waals surface area contributed by atoms with Gasteiger partial charge < -0.3 is 14.1 Å². The lowest BCUT2D eigenvalue weighted by molar-refractivity contribution is 0.132. The van der Waals surface area contributed by atoms with Crippen LogP contribution in [0.4, 0.5) is 5.69 Å².